The van der Waals surface area contributed by atoms with Crippen molar-refractivity contribution in [2.45, 2.75) is 0 Å². The zero-order valence-corrected chi connectivity index (χ0v) is 31.4. The molecule has 58 heavy (non-hydrogen) atoms. The molecule has 0 N–H and O–H groups in total. The molecule has 0 unspecified atom stereocenters. The predicted molar refractivity (Wildman–Crippen MR) is 235 cm³/mol. The number of aromatic nitrogens is 1. The number of nitrogens with zero attached hydrogens (tertiary/aromatic N) is 3. The van der Waals surface area contributed by atoms with Crippen LogP contribution in [0.15, 0.2) is 212 Å². The summed E-state index contributed by atoms with van der Waals surface area (Å²) in [6.07, 6.45) is 0. The maximum atomic E-state index is 6.28. The summed E-state index contributed by atoms with van der Waals surface area (Å²) in [5, 5.41) is 0. The lowest BCUT2D eigenvalue weighted by molar-refractivity contribution is 0.477. The van der Waals surface area contributed by atoms with Gasteiger partial charge in [-0.1, -0.05) is 121 Å². The molecule has 1 aromatic heterocycles. The largest absolute Gasteiger partial charge is 0.453 e. The maximum Gasteiger partial charge on any atom is 0.151 e. The van der Waals surface area contributed by atoms with Gasteiger partial charge in [0.05, 0.1) is 34.1 Å². The van der Waals surface area contributed by atoms with Crippen LogP contribution in [0.3, 0.4) is 0 Å². The number of para-hydroxylation sites is 8. The molecule has 274 valence electrons. The fraction of sp³-hybridized carbons (Fsp3) is 0. The molecule has 0 fully saturated rings. The Morgan fingerprint density at radius 1 is 0.276 bits per heavy atom. The van der Waals surface area contributed by atoms with Gasteiger partial charge in [-0.25, -0.2) is 4.98 Å². The second kappa shape index (κ2) is 14.0. The normalized spacial score (nSPS) is 12.3. The van der Waals surface area contributed by atoms with E-state index in [0.29, 0.717) is 0 Å². The summed E-state index contributed by atoms with van der Waals surface area (Å²) in [5.41, 5.74) is 14.5. The van der Waals surface area contributed by atoms with Gasteiger partial charge in [0.1, 0.15) is 0 Å². The zero-order chi connectivity index (χ0) is 38.4. The summed E-state index contributed by atoms with van der Waals surface area (Å²) in [6.45, 7) is 0. The third-order valence-electron chi connectivity index (χ3n) is 10.8. The minimum absolute atomic E-state index is 0.829. The molecule has 5 nitrogen and oxygen atoms in total. The van der Waals surface area contributed by atoms with Gasteiger partial charge in [-0.3, -0.25) is 0 Å². The first kappa shape index (κ1) is 33.4. The van der Waals surface area contributed by atoms with Crippen molar-refractivity contribution in [1.82, 2.24) is 4.98 Å². The summed E-state index contributed by atoms with van der Waals surface area (Å²) in [4.78, 5) is 9.86. The molecule has 0 amide bonds. The minimum atomic E-state index is 0.829. The number of hydrogen-bond acceptors (Lipinski definition) is 5. The van der Waals surface area contributed by atoms with Crippen LogP contribution in [-0.4, -0.2) is 4.98 Å². The van der Waals surface area contributed by atoms with Crippen LogP contribution in [0.5, 0.6) is 23.0 Å². The average molecular weight is 746 g/mol. The Morgan fingerprint density at radius 3 is 1.07 bits per heavy atom. The molecule has 3 heterocycles. The van der Waals surface area contributed by atoms with Crippen LogP contribution in [0.25, 0.3) is 44.8 Å². The quantitative estimate of drug-likeness (QED) is 0.169. The van der Waals surface area contributed by atoms with Crippen LogP contribution in [0.4, 0.5) is 34.1 Å². The van der Waals surface area contributed by atoms with E-state index in [2.05, 4.69) is 149 Å². The molecule has 5 heteroatoms. The molecule has 9 aromatic rings. The van der Waals surface area contributed by atoms with E-state index < -0.39 is 0 Å². The highest BCUT2D eigenvalue weighted by Crippen LogP contribution is 2.52. The van der Waals surface area contributed by atoms with Crippen molar-refractivity contribution >= 4 is 34.1 Å². The second-order valence-corrected chi connectivity index (χ2v) is 14.4. The molecule has 11 rings (SSSR count). The third-order valence-corrected chi connectivity index (χ3v) is 10.8. The van der Waals surface area contributed by atoms with Crippen LogP contribution in [0, 0.1) is 0 Å². The van der Waals surface area contributed by atoms with Crippen LogP contribution in [0.2, 0.25) is 0 Å². The van der Waals surface area contributed by atoms with Crippen molar-refractivity contribution in [3.63, 3.8) is 0 Å². The van der Waals surface area contributed by atoms with Gasteiger partial charge in [-0.05, 0) is 113 Å². The number of ether oxygens (including phenoxy) is 2. The monoisotopic (exact) mass is 745 g/mol. The molecule has 0 spiro atoms. The van der Waals surface area contributed by atoms with Gasteiger partial charge in [0.15, 0.2) is 23.0 Å². The maximum absolute atomic E-state index is 6.28. The van der Waals surface area contributed by atoms with E-state index in [0.717, 1.165) is 90.8 Å². The summed E-state index contributed by atoms with van der Waals surface area (Å²) < 4.78 is 12.6. The fourth-order valence-corrected chi connectivity index (χ4v) is 8.03. The molecule has 0 atom stereocenters. The Hall–Kier alpha value is -7.89. The van der Waals surface area contributed by atoms with E-state index in [1.165, 1.54) is 11.1 Å². The first-order chi connectivity index (χ1) is 28.7. The van der Waals surface area contributed by atoms with Crippen molar-refractivity contribution in [2.75, 3.05) is 9.80 Å². The second-order valence-electron chi connectivity index (χ2n) is 14.4. The minimum Gasteiger partial charge on any atom is -0.453 e. The summed E-state index contributed by atoms with van der Waals surface area (Å²) in [7, 11) is 0. The van der Waals surface area contributed by atoms with Gasteiger partial charge < -0.3 is 19.3 Å². The van der Waals surface area contributed by atoms with E-state index in [-0.39, 0.29) is 0 Å². The SMILES string of the molecule is c1ccc(-c2cccc(-c3cc(-c4ccc(N5c6ccccc6Oc6ccccc65)cc4)nc(-c4ccc(N5c6ccccc6Oc6ccccc65)cc4)c3)c2)cc1. The fourth-order valence-electron chi connectivity index (χ4n) is 8.03. The van der Waals surface area contributed by atoms with E-state index in [9.17, 15) is 0 Å². The molecule has 0 saturated carbocycles. The van der Waals surface area contributed by atoms with Gasteiger partial charge in [-0.15, -0.1) is 0 Å². The Morgan fingerprint density at radius 2 is 0.638 bits per heavy atom. The average Bonchev–Trinajstić information content (AvgIpc) is 3.30. The van der Waals surface area contributed by atoms with Crippen LogP contribution in [-0.2, 0) is 0 Å². The third kappa shape index (κ3) is 5.94. The van der Waals surface area contributed by atoms with Crippen molar-refractivity contribution in [1.29, 1.82) is 0 Å². The molecule has 2 aliphatic rings. The zero-order valence-electron chi connectivity index (χ0n) is 31.4. The van der Waals surface area contributed by atoms with Gasteiger partial charge in [0.2, 0.25) is 0 Å². The Kier molecular flexibility index (Phi) is 8.07. The van der Waals surface area contributed by atoms with E-state index >= 15 is 0 Å². The lowest BCUT2D eigenvalue weighted by atomic mass is 9.96. The Labute approximate surface area is 337 Å². The van der Waals surface area contributed by atoms with Crippen molar-refractivity contribution in [3.8, 4) is 67.8 Å². The van der Waals surface area contributed by atoms with E-state index in [1.807, 2.05) is 72.8 Å². The molecular weight excluding hydrogens is 711 g/mol. The Balaban J connectivity index is 1.00. The molecule has 8 aromatic carbocycles. The number of rotatable bonds is 6. The van der Waals surface area contributed by atoms with Crippen molar-refractivity contribution in [2.24, 2.45) is 0 Å². The molecule has 0 aliphatic carbocycles. The number of anilines is 6. The highest BCUT2D eigenvalue weighted by atomic mass is 16.5. The Bertz CT molecular complexity index is 2710. The first-order valence-corrected chi connectivity index (χ1v) is 19.4. The lowest BCUT2D eigenvalue weighted by Crippen LogP contribution is -2.15. The van der Waals surface area contributed by atoms with Gasteiger partial charge in [-0.2, -0.15) is 0 Å². The number of pyridine rings is 1. The van der Waals surface area contributed by atoms with Crippen LogP contribution in [0.1, 0.15) is 0 Å². The van der Waals surface area contributed by atoms with Gasteiger partial charge in [0.25, 0.3) is 0 Å². The van der Waals surface area contributed by atoms with E-state index in [4.69, 9.17) is 14.5 Å². The number of hydrogen-bond donors (Lipinski definition) is 0. The van der Waals surface area contributed by atoms with Crippen molar-refractivity contribution < 1.29 is 9.47 Å². The smallest absolute Gasteiger partial charge is 0.151 e. The highest BCUT2D eigenvalue weighted by molar-refractivity contribution is 5.89. The van der Waals surface area contributed by atoms with Gasteiger partial charge >= 0.3 is 0 Å². The molecule has 0 saturated heterocycles. The first-order valence-electron chi connectivity index (χ1n) is 19.4. The van der Waals surface area contributed by atoms with Crippen LogP contribution >= 0.6 is 0 Å². The lowest BCUT2D eigenvalue weighted by Gasteiger charge is -2.32. The standard InChI is InChI=1S/C53H35N3O2/c1-2-13-36(14-3-1)39-15-12-16-40(33-39)41-34-44(37-25-29-42(30-26-37)55-46-17-4-8-21-50(46)57-51-22-9-5-18-47(51)55)54-45(35-41)38-27-31-43(32-28-38)56-48-19-6-10-23-52(48)58-53-24-11-7-20-49(53)56/h1-35H. The topological polar surface area (TPSA) is 37.8 Å². The molecule has 2 aliphatic heterocycles. The summed E-state index contributed by atoms with van der Waals surface area (Å²) in [5.74, 6) is 3.32. The molecule has 0 bridgehead atoms. The highest BCUT2D eigenvalue weighted by Gasteiger charge is 2.27. The number of fused-ring (bicyclic) bond motifs is 4. The number of benzene rings is 8. The summed E-state index contributed by atoms with van der Waals surface area (Å²) >= 11 is 0. The van der Waals surface area contributed by atoms with Crippen LogP contribution < -0.4 is 19.3 Å². The van der Waals surface area contributed by atoms with Crippen molar-refractivity contribution in [3.05, 3.63) is 212 Å². The molecular formula is C53H35N3O2. The predicted octanol–water partition coefficient (Wildman–Crippen LogP) is 14.9. The molecule has 0 radical (unpaired) electrons. The van der Waals surface area contributed by atoms with Gasteiger partial charge in [0, 0.05) is 22.5 Å². The van der Waals surface area contributed by atoms with E-state index in [1.54, 1.807) is 0 Å². The summed E-state index contributed by atoms with van der Waals surface area (Å²) in [6, 6.07) is 73.7.